The van der Waals surface area contributed by atoms with Gasteiger partial charge in [0.25, 0.3) is 5.91 Å². The molecule has 0 fully saturated rings. The quantitative estimate of drug-likeness (QED) is 0.207. The molecule has 3 aromatic carbocycles. The first kappa shape index (κ1) is 25.7. The second-order valence-corrected chi connectivity index (χ2v) is 9.65. The van der Waals surface area contributed by atoms with E-state index in [1.54, 1.807) is 12.1 Å². The Morgan fingerprint density at radius 2 is 1.65 bits per heavy atom. The Morgan fingerprint density at radius 1 is 0.919 bits per heavy atom. The smallest absolute Gasteiger partial charge is 0.349 e. The zero-order valence-electron chi connectivity index (χ0n) is 21.1. The summed E-state index contributed by atoms with van der Waals surface area (Å²) in [6.07, 6.45) is 0.645. The van der Waals surface area contributed by atoms with E-state index in [2.05, 4.69) is 26.1 Å². The highest BCUT2D eigenvalue weighted by Crippen LogP contribution is 2.31. The molecule has 0 spiro atoms. The number of benzene rings is 3. The summed E-state index contributed by atoms with van der Waals surface area (Å²) >= 11 is 0. The van der Waals surface area contributed by atoms with E-state index in [0.29, 0.717) is 24.1 Å². The molecule has 1 amide bonds. The third-order valence-electron chi connectivity index (χ3n) is 5.77. The predicted molar refractivity (Wildman–Crippen MR) is 141 cm³/mol. The number of rotatable bonds is 8. The van der Waals surface area contributed by atoms with E-state index >= 15 is 0 Å². The largest absolute Gasteiger partial charge is 0.482 e. The van der Waals surface area contributed by atoms with Crippen LogP contribution in [0.3, 0.4) is 0 Å². The fourth-order valence-electron chi connectivity index (χ4n) is 3.88. The van der Waals surface area contributed by atoms with Crippen LogP contribution in [0, 0.1) is 0 Å². The third-order valence-corrected chi connectivity index (χ3v) is 5.77. The number of carbonyl (C=O) groups excluding carboxylic acids is 2. The van der Waals surface area contributed by atoms with Crippen LogP contribution >= 0.6 is 0 Å². The summed E-state index contributed by atoms with van der Waals surface area (Å²) in [5.41, 5.74) is 1.27. The number of fused-ring (bicyclic) bond motifs is 1. The normalized spacial score (nSPS) is 11.2. The molecule has 0 aliphatic heterocycles. The van der Waals surface area contributed by atoms with E-state index in [-0.39, 0.29) is 28.9 Å². The van der Waals surface area contributed by atoms with Crippen molar-refractivity contribution in [3.63, 3.8) is 0 Å². The molecule has 7 heteroatoms. The van der Waals surface area contributed by atoms with Gasteiger partial charge in [0.1, 0.15) is 22.6 Å². The molecule has 0 bridgehead atoms. The van der Waals surface area contributed by atoms with Crippen molar-refractivity contribution in [2.24, 2.45) is 0 Å². The third kappa shape index (κ3) is 6.64. The number of para-hydroxylation sites is 1. The van der Waals surface area contributed by atoms with E-state index in [1.165, 1.54) is 12.1 Å². The molecule has 37 heavy (non-hydrogen) atoms. The summed E-state index contributed by atoms with van der Waals surface area (Å²) in [7, 11) is 0. The molecule has 1 heterocycles. The SMILES string of the molecule is CC(C)(C)c1ccccc1OCC(=O)Oc1ccc2cc(C(=O)NCCc3ccccc3)c(=O)oc2c1. The maximum Gasteiger partial charge on any atom is 0.349 e. The predicted octanol–water partition coefficient (Wildman–Crippen LogP) is 5.05. The Hall–Kier alpha value is -4.39. The lowest BCUT2D eigenvalue weighted by atomic mass is 9.86. The fraction of sp³-hybridized carbons (Fsp3) is 0.233. The number of nitrogens with one attached hydrogen (secondary N) is 1. The van der Waals surface area contributed by atoms with Crippen LogP contribution in [-0.4, -0.2) is 25.0 Å². The van der Waals surface area contributed by atoms with Gasteiger partial charge < -0.3 is 19.2 Å². The molecular weight excluding hydrogens is 470 g/mol. The average Bonchev–Trinajstić information content (AvgIpc) is 2.87. The first-order chi connectivity index (χ1) is 17.7. The standard InChI is InChI=1S/C30H29NO6/c1-30(2,3)24-11-7-8-12-25(24)35-19-27(32)36-22-14-13-21-17-23(29(34)37-26(21)18-22)28(33)31-16-15-20-9-5-4-6-10-20/h4-14,17-18H,15-16,19H2,1-3H3,(H,31,33). The van der Waals surface area contributed by atoms with Crippen molar-refractivity contribution in [2.45, 2.75) is 32.6 Å². The Morgan fingerprint density at radius 3 is 2.41 bits per heavy atom. The summed E-state index contributed by atoms with van der Waals surface area (Å²) in [6.45, 7) is 6.30. The molecular formula is C30H29NO6. The van der Waals surface area contributed by atoms with Crippen LogP contribution < -0.4 is 20.4 Å². The molecule has 0 aliphatic carbocycles. The van der Waals surface area contributed by atoms with Gasteiger partial charge in [-0.05, 0) is 47.2 Å². The molecule has 7 nitrogen and oxygen atoms in total. The zero-order valence-corrected chi connectivity index (χ0v) is 21.1. The first-order valence-corrected chi connectivity index (χ1v) is 12.0. The zero-order chi connectivity index (χ0) is 26.4. The van der Waals surface area contributed by atoms with Crippen molar-refractivity contribution in [3.8, 4) is 11.5 Å². The van der Waals surface area contributed by atoms with E-state index in [9.17, 15) is 14.4 Å². The number of hydrogen-bond acceptors (Lipinski definition) is 6. The van der Waals surface area contributed by atoms with E-state index in [0.717, 1.165) is 11.1 Å². The lowest BCUT2D eigenvalue weighted by molar-refractivity contribution is -0.136. The topological polar surface area (TPSA) is 94.8 Å². The van der Waals surface area contributed by atoms with Gasteiger partial charge in [0.15, 0.2) is 6.61 Å². The summed E-state index contributed by atoms with van der Waals surface area (Å²) in [6, 6.07) is 23.4. The van der Waals surface area contributed by atoms with Gasteiger partial charge >= 0.3 is 11.6 Å². The van der Waals surface area contributed by atoms with E-state index < -0.39 is 17.5 Å². The van der Waals surface area contributed by atoms with Crippen LogP contribution in [0.4, 0.5) is 0 Å². The minimum atomic E-state index is -0.768. The fourth-order valence-corrected chi connectivity index (χ4v) is 3.88. The van der Waals surface area contributed by atoms with Crippen LogP contribution in [0.1, 0.15) is 42.3 Å². The van der Waals surface area contributed by atoms with Crippen LogP contribution in [0.25, 0.3) is 11.0 Å². The molecule has 1 aromatic heterocycles. The Kier molecular flexibility index (Phi) is 7.72. The molecule has 0 radical (unpaired) electrons. The molecule has 0 aliphatic rings. The van der Waals surface area contributed by atoms with Crippen LogP contribution in [0.5, 0.6) is 11.5 Å². The number of ether oxygens (including phenoxy) is 2. The van der Waals surface area contributed by atoms with Crippen LogP contribution in [0.2, 0.25) is 0 Å². The second-order valence-electron chi connectivity index (χ2n) is 9.65. The minimum Gasteiger partial charge on any atom is -0.482 e. The van der Waals surface area contributed by atoms with Crippen molar-refractivity contribution < 1.29 is 23.5 Å². The van der Waals surface area contributed by atoms with Crippen LogP contribution in [-0.2, 0) is 16.6 Å². The van der Waals surface area contributed by atoms with Crippen molar-refractivity contribution in [3.05, 3.63) is 106 Å². The maximum atomic E-state index is 12.5. The van der Waals surface area contributed by atoms with Gasteiger partial charge in [-0.15, -0.1) is 0 Å². The van der Waals surface area contributed by atoms with Gasteiger partial charge in [-0.2, -0.15) is 0 Å². The maximum absolute atomic E-state index is 12.5. The Bertz CT molecular complexity index is 1470. The lowest BCUT2D eigenvalue weighted by Crippen LogP contribution is -2.29. The van der Waals surface area contributed by atoms with Crippen molar-refractivity contribution in [2.75, 3.05) is 13.2 Å². The van der Waals surface area contributed by atoms with Gasteiger partial charge in [-0.1, -0.05) is 69.3 Å². The summed E-state index contributed by atoms with van der Waals surface area (Å²) < 4.78 is 16.4. The molecule has 1 N–H and O–H groups in total. The monoisotopic (exact) mass is 499 g/mol. The molecule has 4 rings (SSSR count). The minimum absolute atomic E-state index is 0.0868. The molecule has 0 saturated carbocycles. The number of amides is 1. The highest BCUT2D eigenvalue weighted by Gasteiger charge is 2.19. The number of esters is 1. The van der Waals surface area contributed by atoms with E-state index in [1.807, 2.05) is 54.6 Å². The van der Waals surface area contributed by atoms with Gasteiger partial charge in [-0.3, -0.25) is 4.79 Å². The average molecular weight is 500 g/mol. The molecule has 0 atom stereocenters. The van der Waals surface area contributed by atoms with Crippen molar-refractivity contribution in [1.29, 1.82) is 0 Å². The summed E-state index contributed by atoms with van der Waals surface area (Å²) in [5, 5.41) is 3.28. The molecule has 0 saturated heterocycles. The second kappa shape index (κ2) is 11.1. The highest BCUT2D eigenvalue weighted by molar-refractivity contribution is 5.96. The van der Waals surface area contributed by atoms with Crippen LogP contribution in [0.15, 0.2) is 88.1 Å². The van der Waals surface area contributed by atoms with Gasteiger partial charge in [0.2, 0.25) is 0 Å². The number of carbonyl (C=O) groups is 2. The first-order valence-electron chi connectivity index (χ1n) is 12.0. The van der Waals surface area contributed by atoms with Crippen molar-refractivity contribution >= 4 is 22.8 Å². The highest BCUT2D eigenvalue weighted by atomic mass is 16.6. The summed E-state index contributed by atoms with van der Waals surface area (Å²) in [5.74, 6) is -0.283. The Balaban J connectivity index is 1.39. The lowest BCUT2D eigenvalue weighted by Gasteiger charge is -2.22. The van der Waals surface area contributed by atoms with E-state index in [4.69, 9.17) is 13.9 Å². The molecule has 4 aromatic rings. The van der Waals surface area contributed by atoms with Gasteiger partial charge in [0.05, 0.1) is 0 Å². The molecule has 0 unspecified atom stereocenters. The van der Waals surface area contributed by atoms with Crippen molar-refractivity contribution in [1.82, 2.24) is 5.32 Å². The molecule has 190 valence electrons. The summed E-state index contributed by atoms with van der Waals surface area (Å²) in [4.78, 5) is 37.4. The van der Waals surface area contributed by atoms with Gasteiger partial charge in [-0.25, -0.2) is 9.59 Å². The Labute approximate surface area is 215 Å². The van der Waals surface area contributed by atoms with Gasteiger partial charge in [0, 0.05) is 18.0 Å². The number of hydrogen-bond donors (Lipinski definition) is 1.